The van der Waals surface area contributed by atoms with Gasteiger partial charge in [-0.3, -0.25) is 4.79 Å². The first kappa shape index (κ1) is 18.4. The highest BCUT2D eigenvalue weighted by atomic mass is 16.5. The van der Waals surface area contributed by atoms with E-state index in [0.717, 1.165) is 11.3 Å². The van der Waals surface area contributed by atoms with Crippen molar-refractivity contribution in [2.24, 2.45) is 0 Å². The van der Waals surface area contributed by atoms with Crippen LogP contribution in [-0.4, -0.2) is 40.7 Å². The van der Waals surface area contributed by atoms with Crippen molar-refractivity contribution in [2.75, 3.05) is 14.2 Å². The molecule has 0 fully saturated rings. The summed E-state index contributed by atoms with van der Waals surface area (Å²) in [6.07, 6.45) is 3.70. The largest absolute Gasteiger partial charge is 0.465 e. The number of amides is 1. The van der Waals surface area contributed by atoms with Crippen molar-refractivity contribution in [1.29, 1.82) is 0 Å². The summed E-state index contributed by atoms with van der Waals surface area (Å²) in [5.41, 5.74) is 2.87. The summed E-state index contributed by atoms with van der Waals surface area (Å²) < 4.78 is 12.0. The van der Waals surface area contributed by atoms with Crippen molar-refractivity contribution in [3.05, 3.63) is 70.9 Å². The van der Waals surface area contributed by atoms with E-state index < -0.39 is 5.97 Å². The molecule has 7 heteroatoms. The molecule has 0 aliphatic rings. The number of hydrogen-bond donors (Lipinski definition) is 0. The van der Waals surface area contributed by atoms with Crippen LogP contribution in [0.2, 0.25) is 0 Å². The molecule has 0 unspecified atom stereocenters. The molecule has 140 valence electrons. The quantitative estimate of drug-likeness (QED) is 0.648. The molecule has 0 aliphatic carbocycles. The summed E-state index contributed by atoms with van der Waals surface area (Å²) in [5, 5.41) is 4.25. The Bertz CT molecular complexity index is 970. The molecule has 0 bridgehead atoms. The Kier molecular flexibility index (Phi) is 5.12. The van der Waals surface area contributed by atoms with Crippen LogP contribution in [0.5, 0.6) is 0 Å². The molecule has 7 nitrogen and oxygen atoms in total. The standard InChI is InChI=1S/C20H21N3O4/c1-13-10-21-23(11-13)16-7-5-15(6-8-16)19(24)22(3)12-17-9-18(14(2)27-17)20(25)26-4/h5-11H,12H2,1-4H3. The first-order valence-corrected chi connectivity index (χ1v) is 8.44. The highest BCUT2D eigenvalue weighted by molar-refractivity contribution is 5.94. The molecule has 27 heavy (non-hydrogen) atoms. The molecule has 0 aliphatic heterocycles. The number of nitrogens with zero attached hydrogens (tertiary/aromatic N) is 3. The van der Waals surface area contributed by atoms with Crippen molar-refractivity contribution in [3.63, 3.8) is 0 Å². The maximum atomic E-state index is 12.7. The predicted molar refractivity (Wildman–Crippen MR) is 98.9 cm³/mol. The van der Waals surface area contributed by atoms with E-state index in [9.17, 15) is 9.59 Å². The van der Waals surface area contributed by atoms with Gasteiger partial charge in [0.2, 0.25) is 0 Å². The van der Waals surface area contributed by atoms with Gasteiger partial charge in [0.15, 0.2) is 0 Å². The zero-order chi connectivity index (χ0) is 19.6. The number of rotatable bonds is 5. The fourth-order valence-electron chi connectivity index (χ4n) is 2.77. The highest BCUT2D eigenvalue weighted by Crippen LogP contribution is 2.18. The minimum Gasteiger partial charge on any atom is -0.465 e. The molecule has 0 spiro atoms. The molecular formula is C20H21N3O4. The molecule has 1 aromatic carbocycles. The molecule has 0 saturated carbocycles. The Morgan fingerprint density at radius 1 is 1.22 bits per heavy atom. The monoisotopic (exact) mass is 367 g/mol. The fraction of sp³-hybridized carbons (Fsp3) is 0.250. The summed E-state index contributed by atoms with van der Waals surface area (Å²) in [7, 11) is 3.00. The lowest BCUT2D eigenvalue weighted by atomic mass is 10.2. The lowest BCUT2D eigenvalue weighted by Crippen LogP contribution is -2.26. The van der Waals surface area contributed by atoms with Crippen molar-refractivity contribution in [2.45, 2.75) is 20.4 Å². The number of benzene rings is 1. The Hall–Kier alpha value is -3.35. The van der Waals surface area contributed by atoms with Gasteiger partial charge in [0.25, 0.3) is 5.91 Å². The Labute approximate surface area is 157 Å². The van der Waals surface area contributed by atoms with Crippen molar-refractivity contribution < 1.29 is 18.7 Å². The van der Waals surface area contributed by atoms with Crippen LogP contribution in [0, 0.1) is 13.8 Å². The highest BCUT2D eigenvalue weighted by Gasteiger charge is 2.18. The van der Waals surface area contributed by atoms with Crippen LogP contribution in [0.15, 0.2) is 47.1 Å². The van der Waals surface area contributed by atoms with Crippen LogP contribution >= 0.6 is 0 Å². The van der Waals surface area contributed by atoms with Crippen LogP contribution in [-0.2, 0) is 11.3 Å². The molecule has 0 saturated heterocycles. The second kappa shape index (κ2) is 7.49. The van der Waals surface area contributed by atoms with Crippen molar-refractivity contribution in [1.82, 2.24) is 14.7 Å². The predicted octanol–water partition coefficient (Wildman–Crippen LogP) is 3.14. The number of carbonyl (C=O) groups excluding carboxylic acids is 2. The average molecular weight is 367 g/mol. The van der Waals surface area contributed by atoms with E-state index in [2.05, 4.69) is 5.10 Å². The summed E-state index contributed by atoms with van der Waals surface area (Å²) in [4.78, 5) is 25.9. The third kappa shape index (κ3) is 3.92. The number of hydrogen-bond acceptors (Lipinski definition) is 5. The van der Waals surface area contributed by atoms with E-state index in [1.807, 2.05) is 25.3 Å². The first-order chi connectivity index (χ1) is 12.9. The zero-order valence-electron chi connectivity index (χ0n) is 15.7. The number of esters is 1. The maximum absolute atomic E-state index is 12.7. The van der Waals surface area contributed by atoms with Crippen LogP contribution in [0.25, 0.3) is 5.69 Å². The Morgan fingerprint density at radius 3 is 2.52 bits per heavy atom. The van der Waals surface area contributed by atoms with Gasteiger partial charge in [-0.15, -0.1) is 0 Å². The molecule has 2 aromatic heterocycles. The van der Waals surface area contributed by atoms with E-state index in [0.29, 0.717) is 22.6 Å². The van der Waals surface area contributed by atoms with E-state index >= 15 is 0 Å². The molecule has 3 aromatic rings. The molecule has 0 radical (unpaired) electrons. The summed E-state index contributed by atoms with van der Waals surface area (Å²) in [6, 6.07) is 8.82. The van der Waals surface area contributed by atoms with Crippen LogP contribution in [0.4, 0.5) is 0 Å². The number of methoxy groups -OCH3 is 1. The third-order valence-electron chi connectivity index (χ3n) is 4.20. The lowest BCUT2D eigenvalue weighted by Gasteiger charge is -2.16. The van der Waals surface area contributed by atoms with Crippen molar-refractivity contribution in [3.8, 4) is 5.69 Å². The van der Waals surface area contributed by atoms with E-state index in [4.69, 9.17) is 9.15 Å². The molecule has 0 N–H and O–H groups in total. The number of furan rings is 1. The van der Waals surface area contributed by atoms with Gasteiger partial charge in [-0.2, -0.15) is 5.10 Å². The van der Waals surface area contributed by atoms with E-state index in [1.165, 1.54) is 12.0 Å². The lowest BCUT2D eigenvalue weighted by molar-refractivity contribution is 0.0598. The van der Waals surface area contributed by atoms with Gasteiger partial charge in [0.05, 0.1) is 25.5 Å². The SMILES string of the molecule is COC(=O)c1cc(CN(C)C(=O)c2ccc(-n3cc(C)cn3)cc2)oc1C. The Morgan fingerprint density at radius 2 is 1.93 bits per heavy atom. The molecule has 3 rings (SSSR count). The fourth-order valence-corrected chi connectivity index (χ4v) is 2.77. The molecule has 0 atom stereocenters. The topological polar surface area (TPSA) is 77.6 Å². The zero-order valence-corrected chi connectivity index (χ0v) is 15.7. The number of aryl methyl sites for hydroxylation is 2. The minimum atomic E-state index is -0.457. The number of ether oxygens (including phenoxy) is 1. The molecule has 2 heterocycles. The summed E-state index contributed by atoms with van der Waals surface area (Å²) in [5.74, 6) is 0.386. The number of aromatic nitrogens is 2. The first-order valence-electron chi connectivity index (χ1n) is 8.44. The van der Waals surface area contributed by atoms with Gasteiger partial charge < -0.3 is 14.1 Å². The second-order valence-electron chi connectivity index (χ2n) is 6.34. The van der Waals surface area contributed by atoms with Gasteiger partial charge in [-0.25, -0.2) is 9.48 Å². The smallest absolute Gasteiger partial charge is 0.341 e. The van der Waals surface area contributed by atoms with Crippen LogP contribution in [0.1, 0.15) is 37.8 Å². The minimum absolute atomic E-state index is 0.146. The van der Waals surface area contributed by atoms with Gasteiger partial charge in [-0.1, -0.05) is 0 Å². The van der Waals surface area contributed by atoms with E-state index in [1.54, 1.807) is 43.0 Å². The Balaban J connectivity index is 1.71. The maximum Gasteiger partial charge on any atom is 0.341 e. The molecular weight excluding hydrogens is 346 g/mol. The second-order valence-corrected chi connectivity index (χ2v) is 6.34. The van der Waals surface area contributed by atoms with Gasteiger partial charge in [0, 0.05) is 18.8 Å². The van der Waals surface area contributed by atoms with Crippen LogP contribution < -0.4 is 0 Å². The van der Waals surface area contributed by atoms with Crippen LogP contribution in [0.3, 0.4) is 0 Å². The van der Waals surface area contributed by atoms with Gasteiger partial charge >= 0.3 is 5.97 Å². The third-order valence-corrected chi connectivity index (χ3v) is 4.20. The number of carbonyl (C=O) groups is 2. The van der Waals surface area contributed by atoms with Crippen molar-refractivity contribution >= 4 is 11.9 Å². The van der Waals surface area contributed by atoms with E-state index in [-0.39, 0.29) is 12.5 Å². The average Bonchev–Trinajstić information content (AvgIpc) is 3.26. The normalized spacial score (nSPS) is 10.7. The molecule has 1 amide bonds. The summed E-state index contributed by atoms with van der Waals surface area (Å²) in [6.45, 7) is 3.91. The summed E-state index contributed by atoms with van der Waals surface area (Å²) >= 11 is 0. The van der Waals surface area contributed by atoms with Gasteiger partial charge in [-0.05, 0) is 49.7 Å². The van der Waals surface area contributed by atoms with Gasteiger partial charge in [0.1, 0.15) is 17.1 Å².